The zero-order valence-corrected chi connectivity index (χ0v) is 19.8. The summed E-state index contributed by atoms with van der Waals surface area (Å²) < 4.78 is 12.7. The van der Waals surface area contributed by atoms with Crippen molar-refractivity contribution in [1.82, 2.24) is 0 Å². The van der Waals surface area contributed by atoms with Gasteiger partial charge >= 0.3 is 8.56 Å². The molecule has 0 aromatic carbocycles. The summed E-state index contributed by atoms with van der Waals surface area (Å²) in [6.07, 6.45) is 20.3. The first-order valence-electron chi connectivity index (χ1n) is 12.0. The lowest BCUT2D eigenvalue weighted by Crippen LogP contribution is -2.41. The van der Waals surface area contributed by atoms with Gasteiger partial charge in [0.2, 0.25) is 0 Å². The molecule has 0 unspecified atom stereocenters. The molecule has 0 aliphatic heterocycles. The molecule has 0 saturated carbocycles. The molecule has 26 heavy (non-hydrogen) atoms. The molecule has 0 rings (SSSR count). The Balaban J connectivity index is 3.66. The highest BCUT2D eigenvalue weighted by atomic mass is 28.4. The van der Waals surface area contributed by atoms with Gasteiger partial charge in [0, 0.05) is 13.2 Å². The molecule has 0 bridgehead atoms. The Morgan fingerprint density at radius 2 is 0.731 bits per heavy atom. The van der Waals surface area contributed by atoms with Gasteiger partial charge in [0.1, 0.15) is 0 Å². The standard InChI is InChI=1S/C23H50O2Si/c1-5-9-11-13-15-16-17-19-21-23-25-26(7-3,8-4)24-22-20-18-14-12-10-6-2/h5-23H2,1-4H3. The van der Waals surface area contributed by atoms with Crippen molar-refractivity contribution in [2.45, 2.75) is 136 Å². The molecule has 0 spiro atoms. The van der Waals surface area contributed by atoms with E-state index >= 15 is 0 Å². The van der Waals surface area contributed by atoms with Crippen LogP contribution in [0, 0.1) is 0 Å². The summed E-state index contributed by atoms with van der Waals surface area (Å²) in [4.78, 5) is 0. The number of hydrogen-bond acceptors (Lipinski definition) is 2. The number of rotatable bonds is 21. The normalized spacial score (nSPS) is 12.0. The van der Waals surface area contributed by atoms with Crippen molar-refractivity contribution in [1.29, 1.82) is 0 Å². The first-order valence-corrected chi connectivity index (χ1v) is 14.3. The minimum Gasteiger partial charge on any atom is -0.394 e. The molecule has 0 heterocycles. The second-order valence-corrected chi connectivity index (χ2v) is 11.7. The van der Waals surface area contributed by atoms with Crippen LogP contribution >= 0.6 is 0 Å². The summed E-state index contributed by atoms with van der Waals surface area (Å²) in [5.74, 6) is 0. The van der Waals surface area contributed by atoms with E-state index in [0.29, 0.717) is 0 Å². The monoisotopic (exact) mass is 386 g/mol. The summed E-state index contributed by atoms with van der Waals surface area (Å²) in [7, 11) is -1.91. The van der Waals surface area contributed by atoms with Crippen LogP contribution in [0.4, 0.5) is 0 Å². The zero-order valence-electron chi connectivity index (χ0n) is 18.8. The lowest BCUT2D eigenvalue weighted by Gasteiger charge is -2.29. The Morgan fingerprint density at radius 1 is 0.423 bits per heavy atom. The zero-order chi connectivity index (χ0) is 19.3. The highest BCUT2D eigenvalue weighted by Crippen LogP contribution is 2.20. The molecule has 0 aliphatic rings. The van der Waals surface area contributed by atoms with Crippen LogP contribution in [-0.2, 0) is 8.85 Å². The molecule has 0 aromatic rings. The van der Waals surface area contributed by atoms with Crippen molar-refractivity contribution in [3.8, 4) is 0 Å². The predicted octanol–water partition coefficient (Wildman–Crippen LogP) is 8.39. The summed E-state index contributed by atoms with van der Waals surface area (Å²) in [5, 5.41) is 0. The molecule has 0 aliphatic carbocycles. The van der Waals surface area contributed by atoms with Gasteiger partial charge in [0.25, 0.3) is 0 Å². The van der Waals surface area contributed by atoms with Crippen LogP contribution in [0.5, 0.6) is 0 Å². The molecule has 0 amide bonds. The summed E-state index contributed by atoms with van der Waals surface area (Å²) in [6, 6.07) is 2.19. The van der Waals surface area contributed by atoms with Crippen molar-refractivity contribution >= 4 is 8.56 Å². The average molecular weight is 387 g/mol. The summed E-state index contributed by atoms with van der Waals surface area (Å²) in [5.41, 5.74) is 0. The molecule has 0 saturated heterocycles. The van der Waals surface area contributed by atoms with E-state index < -0.39 is 8.56 Å². The maximum absolute atomic E-state index is 6.35. The van der Waals surface area contributed by atoms with E-state index in [-0.39, 0.29) is 0 Å². The molecule has 0 N–H and O–H groups in total. The van der Waals surface area contributed by atoms with E-state index in [4.69, 9.17) is 8.85 Å². The Labute approximate surface area is 167 Å². The molecule has 158 valence electrons. The Morgan fingerprint density at radius 3 is 1.04 bits per heavy atom. The quantitative estimate of drug-likeness (QED) is 0.146. The van der Waals surface area contributed by atoms with Crippen molar-refractivity contribution in [2.75, 3.05) is 13.2 Å². The Bertz CT molecular complexity index is 267. The molecular weight excluding hydrogens is 336 g/mol. The molecule has 0 radical (unpaired) electrons. The van der Waals surface area contributed by atoms with Crippen LogP contribution in [0.1, 0.15) is 124 Å². The number of unbranched alkanes of at least 4 members (excludes halogenated alkanes) is 13. The van der Waals surface area contributed by atoms with Gasteiger partial charge in [-0.15, -0.1) is 0 Å². The minimum atomic E-state index is -1.91. The van der Waals surface area contributed by atoms with E-state index in [2.05, 4.69) is 27.7 Å². The van der Waals surface area contributed by atoms with Crippen LogP contribution in [0.15, 0.2) is 0 Å². The maximum atomic E-state index is 6.35. The van der Waals surface area contributed by atoms with Gasteiger partial charge in [0.15, 0.2) is 0 Å². The van der Waals surface area contributed by atoms with Crippen LogP contribution in [-0.4, -0.2) is 21.8 Å². The fraction of sp³-hybridized carbons (Fsp3) is 1.00. The molecule has 2 nitrogen and oxygen atoms in total. The molecule has 0 fully saturated rings. The SMILES string of the molecule is CCCCCCCCCCCO[Si](CC)(CC)OCCCCCCCC. The van der Waals surface area contributed by atoms with Gasteiger partial charge in [0.05, 0.1) is 0 Å². The average Bonchev–Trinajstić information content (AvgIpc) is 2.67. The molecule has 3 heteroatoms. The topological polar surface area (TPSA) is 18.5 Å². The van der Waals surface area contributed by atoms with Gasteiger partial charge in [-0.3, -0.25) is 0 Å². The van der Waals surface area contributed by atoms with E-state index in [0.717, 1.165) is 25.3 Å². The van der Waals surface area contributed by atoms with Crippen LogP contribution < -0.4 is 0 Å². The fourth-order valence-corrected chi connectivity index (χ4v) is 5.94. The lowest BCUT2D eigenvalue weighted by molar-refractivity contribution is 0.163. The van der Waals surface area contributed by atoms with Crippen LogP contribution in [0.2, 0.25) is 12.1 Å². The summed E-state index contributed by atoms with van der Waals surface area (Å²) >= 11 is 0. The second-order valence-electron chi connectivity index (χ2n) is 7.91. The molecule has 0 aromatic heterocycles. The van der Waals surface area contributed by atoms with Crippen molar-refractivity contribution < 1.29 is 8.85 Å². The lowest BCUT2D eigenvalue weighted by atomic mass is 10.1. The number of hydrogen-bond donors (Lipinski definition) is 0. The van der Waals surface area contributed by atoms with E-state index in [1.807, 2.05) is 0 Å². The molecule has 0 atom stereocenters. The third-order valence-electron chi connectivity index (χ3n) is 5.55. The third kappa shape index (κ3) is 15.2. The fourth-order valence-electron chi connectivity index (χ4n) is 3.51. The van der Waals surface area contributed by atoms with Gasteiger partial charge in [-0.05, 0) is 24.9 Å². The Hall–Kier alpha value is 0.137. The first kappa shape index (κ1) is 26.1. The van der Waals surface area contributed by atoms with Gasteiger partial charge in [-0.1, -0.05) is 111 Å². The van der Waals surface area contributed by atoms with E-state index in [9.17, 15) is 0 Å². The van der Waals surface area contributed by atoms with Crippen molar-refractivity contribution in [3.05, 3.63) is 0 Å². The predicted molar refractivity (Wildman–Crippen MR) is 119 cm³/mol. The van der Waals surface area contributed by atoms with Gasteiger partial charge in [-0.2, -0.15) is 0 Å². The third-order valence-corrected chi connectivity index (χ3v) is 9.17. The van der Waals surface area contributed by atoms with Gasteiger partial charge < -0.3 is 8.85 Å². The second kappa shape index (κ2) is 19.9. The first-order chi connectivity index (χ1) is 12.7. The van der Waals surface area contributed by atoms with E-state index in [1.54, 1.807) is 0 Å². The minimum absolute atomic E-state index is 0.914. The smallest absolute Gasteiger partial charge is 0.337 e. The van der Waals surface area contributed by atoms with Crippen LogP contribution in [0.25, 0.3) is 0 Å². The largest absolute Gasteiger partial charge is 0.394 e. The molecular formula is C23H50O2Si. The maximum Gasteiger partial charge on any atom is 0.337 e. The highest BCUT2D eigenvalue weighted by molar-refractivity contribution is 6.67. The van der Waals surface area contributed by atoms with Crippen LogP contribution in [0.3, 0.4) is 0 Å². The van der Waals surface area contributed by atoms with Crippen molar-refractivity contribution in [2.24, 2.45) is 0 Å². The van der Waals surface area contributed by atoms with Crippen molar-refractivity contribution in [3.63, 3.8) is 0 Å². The summed E-state index contributed by atoms with van der Waals surface area (Å²) in [6.45, 7) is 10.9. The Kier molecular flexibility index (Phi) is 20.0. The van der Waals surface area contributed by atoms with Gasteiger partial charge in [-0.25, -0.2) is 0 Å². The highest BCUT2D eigenvalue weighted by Gasteiger charge is 2.33. The van der Waals surface area contributed by atoms with E-state index in [1.165, 1.54) is 96.3 Å².